The van der Waals surface area contributed by atoms with Gasteiger partial charge in [0.25, 0.3) is 11.8 Å². The molecule has 3 aromatic rings. The minimum absolute atomic E-state index is 0.00670. The van der Waals surface area contributed by atoms with E-state index in [0.717, 1.165) is 25.9 Å². The molecule has 0 unspecified atom stereocenters. The fourth-order valence-electron chi connectivity index (χ4n) is 4.79. The summed E-state index contributed by atoms with van der Waals surface area (Å²) in [5.41, 5.74) is 3.86. The molecule has 192 valence electrons. The fourth-order valence-corrected chi connectivity index (χ4v) is 4.79. The molecule has 0 radical (unpaired) electrons. The molecule has 37 heavy (non-hydrogen) atoms. The number of nitrogens with zero attached hydrogens (tertiary/aromatic N) is 1. The van der Waals surface area contributed by atoms with Crippen molar-refractivity contribution >= 4 is 23.3 Å². The smallest absolute Gasteiger partial charge is 0.255 e. The van der Waals surface area contributed by atoms with Crippen molar-refractivity contribution < 1.29 is 14.4 Å². The number of para-hydroxylation sites is 1. The molecule has 2 amide bonds. The van der Waals surface area contributed by atoms with E-state index >= 15 is 0 Å². The average Bonchev–Trinajstić information content (AvgIpc) is 3.10. The van der Waals surface area contributed by atoms with Crippen LogP contribution in [0.25, 0.3) is 0 Å². The largest absolute Gasteiger partial charge is 0.342 e. The van der Waals surface area contributed by atoms with Crippen LogP contribution in [0.1, 0.15) is 58.5 Å². The molecule has 0 saturated heterocycles. The molecule has 1 atom stereocenters. The molecular formula is C31H35N3O3. The highest BCUT2D eigenvalue weighted by Crippen LogP contribution is 2.20. The molecule has 1 heterocycles. The number of anilines is 1. The molecule has 6 heteroatoms. The topological polar surface area (TPSA) is 78.5 Å². The quantitative estimate of drug-likeness (QED) is 0.431. The first-order chi connectivity index (χ1) is 17.9. The number of amides is 2. The first-order valence-electron chi connectivity index (χ1n) is 13.0. The van der Waals surface area contributed by atoms with E-state index in [0.29, 0.717) is 29.8 Å². The normalized spacial score (nSPS) is 14.4. The number of aryl methyl sites for hydroxylation is 1. The summed E-state index contributed by atoms with van der Waals surface area (Å²) < 4.78 is 0. The van der Waals surface area contributed by atoms with Crippen LogP contribution in [-0.2, 0) is 17.8 Å². The Labute approximate surface area is 219 Å². The molecule has 0 aliphatic carbocycles. The summed E-state index contributed by atoms with van der Waals surface area (Å²) in [4.78, 5) is 41.7. The fraction of sp³-hybridized carbons (Fsp3) is 0.323. The predicted octanol–water partition coefficient (Wildman–Crippen LogP) is 5.10. The third kappa shape index (κ3) is 7.14. The highest BCUT2D eigenvalue weighted by atomic mass is 16.2. The summed E-state index contributed by atoms with van der Waals surface area (Å²) in [6.45, 7) is 5.96. The zero-order valence-corrected chi connectivity index (χ0v) is 21.6. The van der Waals surface area contributed by atoms with Crippen molar-refractivity contribution in [3.63, 3.8) is 0 Å². The SMILES string of the molecule is CC(C)C[C@H](NC(=O)c1ccccc1NC(=O)c1ccccc1)C(=O)CN1CCCc2ccccc2C1. The lowest BCUT2D eigenvalue weighted by Crippen LogP contribution is -2.46. The second kappa shape index (κ2) is 12.5. The van der Waals surface area contributed by atoms with Gasteiger partial charge in [-0.2, -0.15) is 0 Å². The van der Waals surface area contributed by atoms with Crippen molar-refractivity contribution in [3.8, 4) is 0 Å². The van der Waals surface area contributed by atoms with E-state index < -0.39 is 6.04 Å². The molecule has 3 aromatic carbocycles. The molecule has 0 bridgehead atoms. The second-order valence-corrected chi connectivity index (χ2v) is 10.1. The van der Waals surface area contributed by atoms with Crippen molar-refractivity contribution in [2.24, 2.45) is 5.92 Å². The lowest BCUT2D eigenvalue weighted by molar-refractivity contribution is -0.122. The molecule has 0 saturated carbocycles. The second-order valence-electron chi connectivity index (χ2n) is 10.1. The lowest BCUT2D eigenvalue weighted by Gasteiger charge is -2.25. The van der Waals surface area contributed by atoms with Crippen molar-refractivity contribution in [1.82, 2.24) is 10.2 Å². The van der Waals surface area contributed by atoms with Gasteiger partial charge in [0.15, 0.2) is 5.78 Å². The van der Waals surface area contributed by atoms with Gasteiger partial charge < -0.3 is 10.6 Å². The molecule has 2 N–H and O–H groups in total. The Balaban J connectivity index is 1.46. The molecule has 1 aliphatic rings. The van der Waals surface area contributed by atoms with Crippen molar-refractivity contribution in [2.75, 3.05) is 18.4 Å². The van der Waals surface area contributed by atoms with E-state index in [2.05, 4.69) is 33.7 Å². The number of nitrogens with one attached hydrogen (secondary N) is 2. The summed E-state index contributed by atoms with van der Waals surface area (Å²) in [5, 5.41) is 5.82. The summed E-state index contributed by atoms with van der Waals surface area (Å²) in [6, 6.07) is 23.5. The van der Waals surface area contributed by atoms with Crippen LogP contribution in [0.3, 0.4) is 0 Å². The molecule has 0 aromatic heterocycles. The minimum atomic E-state index is -0.608. The lowest BCUT2D eigenvalue weighted by atomic mass is 9.99. The van der Waals surface area contributed by atoms with E-state index in [-0.39, 0.29) is 23.5 Å². The average molecular weight is 498 g/mol. The van der Waals surface area contributed by atoms with Crippen molar-refractivity contribution in [3.05, 3.63) is 101 Å². The van der Waals surface area contributed by atoms with Crippen LogP contribution in [0.15, 0.2) is 78.9 Å². The molecule has 6 nitrogen and oxygen atoms in total. The summed E-state index contributed by atoms with van der Waals surface area (Å²) in [5.74, 6) is -0.430. The van der Waals surface area contributed by atoms with Gasteiger partial charge >= 0.3 is 0 Å². The van der Waals surface area contributed by atoms with Gasteiger partial charge in [0.05, 0.1) is 23.8 Å². The van der Waals surface area contributed by atoms with E-state index in [1.807, 2.05) is 26.0 Å². The Morgan fingerprint density at radius 3 is 2.27 bits per heavy atom. The van der Waals surface area contributed by atoms with Gasteiger partial charge in [-0.25, -0.2) is 0 Å². The first kappa shape index (κ1) is 26.3. The van der Waals surface area contributed by atoms with Crippen LogP contribution in [-0.4, -0.2) is 41.6 Å². The Morgan fingerprint density at radius 1 is 0.838 bits per heavy atom. The highest BCUT2D eigenvalue weighted by Gasteiger charge is 2.26. The third-order valence-corrected chi connectivity index (χ3v) is 6.67. The number of fused-ring (bicyclic) bond motifs is 1. The Morgan fingerprint density at radius 2 is 1.51 bits per heavy atom. The first-order valence-corrected chi connectivity index (χ1v) is 13.0. The number of benzene rings is 3. The van der Waals surface area contributed by atoms with E-state index in [1.54, 1.807) is 48.5 Å². The van der Waals surface area contributed by atoms with Crippen molar-refractivity contribution in [1.29, 1.82) is 0 Å². The minimum Gasteiger partial charge on any atom is -0.342 e. The number of Topliss-reactive ketones (excluding diaryl/α,β-unsaturated/α-hetero) is 1. The molecule has 0 fully saturated rings. The zero-order valence-electron chi connectivity index (χ0n) is 21.6. The Hall–Kier alpha value is -3.77. The van der Waals surface area contributed by atoms with Crippen LogP contribution < -0.4 is 10.6 Å². The van der Waals surface area contributed by atoms with Gasteiger partial charge in [-0.15, -0.1) is 0 Å². The molecule has 4 rings (SSSR count). The van der Waals surface area contributed by atoms with Gasteiger partial charge in [-0.05, 0) is 67.1 Å². The van der Waals surface area contributed by atoms with Gasteiger partial charge in [0, 0.05) is 12.1 Å². The van der Waals surface area contributed by atoms with Gasteiger partial charge in [0.1, 0.15) is 0 Å². The molecule has 1 aliphatic heterocycles. The number of carbonyl (C=O) groups is 3. The third-order valence-electron chi connectivity index (χ3n) is 6.67. The Bertz CT molecular complexity index is 1240. The van der Waals surface area contributed by atoms with Gasteiger partial charge in [0.2, 0.25) is 0 Å². The van der Waals surface area contributed by atoms with Crippen molar-refractivity contribution in [2.45, 2.75) is 45.7 Å². The van der Waals surface area contributed by atoms with Crippen LogP contribution >= 0.6 is 0 Å². The van der Waals surface area contributed by atoms with Crippen LogP contribution in [0, 0.1) is 5.92 Å². The number of carbonyl (C=O) groups excluding carboxylic acids is 3. The standard InChI is InChI=1S/C31H35N3O3/c1-22(2)19-28(29(35)21-34-18-10-15-23-11-6-7-14-25(23)20-34)33-31(37)26-16-8-9-17-27(26)32-30(36)24-12-4-3-5-13-24/h3-9,11-14,16-17,22,28H,10,15,18-21H2,1-2H3,(H,32,36)(H,33,37)/t28-/m0/s1. The maximum Gasteiger partial charge on any atom is 0.255 e. The van der Waals surface area contributed by atoms with Gasteiger partial charge in [-0.1, -0.05) is 68.4 Å². The van der Waals surface area contributed by atoms with E-state index in [9.17, 15) is 14.4 Å². The Kier molecular flexibility index (Phi) is 8.86. The molecule has 0 spiro atoms. The maximum atomic E-state index is 13.5. The molecular weight excluding hydrogens is 462 g/mol. The number of rotatable bonds is 9. The number of hydrogen-bond acceptors (Lipinski definition) is 4. The highest BCUT2D eigenvalue weighted by molar-refractivity contribution is 6.09. The van der Waals surface area contributed by atoms with Crippen LogP contribution in [0.2, 0.25) is 0 Å². The van der Waals surface area contributed by atoms with Gasteiger partial charge in [-0.3, -0.25) is 19.3 Å². The summed E-state index contributed by atoms with van der Waals surface area (Å²) in [6.07, 6.45) is 2.56. The monoisotopic (exact) mass is 497 g/mol. The van der Waals surface area contributed by atoms with E-state index in [4.69, 9.17) is 0 Å². The van der Waals surface area contributed by atoms with Crippen LogP contribution in [0.4, 0.5) is 5.69 Å². The van der Waals surface area contributed by atoms with E-state index in [1.165, 1.54) is 11.1 Å². The van der Waals surface area contributed by atoms with Crippen LogP contribution in [0.5, 0.6) is 0 Å². The predicted molar refractivity (Wildman–Crippen MR) is 147 cm³/mol. The summed E-state index contributed by atoms with van der Waals surface area (Å²) in [7, 11) is 0. The number of hydrogen-bond donors (Lipinski definition) is 2. The summed E-state index contributed by atoms with van der Waals surface area (Å²) >= 11 is 0. The zero-order chi connectivity index (χ0) is 26.2. The maximum absolute atomic E-state index is 13.5. The number of ketones is 1.